The van der Waals surface area contributed by atoms with Gasteiger partial charge in [0.2, 0.25) is 7.28 Å². The molecule has 0 saturated carbocycles. The Kier molecular flexibility index (Phi) is 6.22. The molecule has 6 rings (SSSR count). The Morgan fingerprint density at radius 1 is 0.311 bits per heavy atom. The molecule has 0 aromatic heterocycles. The Bertz CT molecular complexity index is 1920. The van der Waals surface area contributed by atoms with Gasteiger partial charge in [0.15, 0.2) is 92.6 Å². The van der Waals surface area contributed by atoms with Gasteiger partial charge in [-0.05, 0) is 0 Å². The second kappa shape index (κ2) is 9.12. The average molecular weight is 666 g/mol. The van der Waals surface area contributed by atoms with Crippen LogP contribution < -0.4 is 0 Å². The van der Waals surface area contributed by atoms with Gasteiger partial charge in [0.05, 0.1) is 11.1 Å². The van der Waals surface area contributed by atoms with Crippen molar-refractivity contribution in [3.63, 3.8) is 0 Å². The van der Waals surface area contributed by atoms with Crippen molar-refractivity contribution in [3.05, 3.63) is 115 Å². The molecule has 4 aliphatic carbocycles. The molecule has 0 bridgehead atoms. The number of alkyl halides is 2. The van der Waals surface area contributed by atoms with E-state index in [2.05, 4.69) is 0 Å². The monoisotopic (exact) mass is 666 g/mol. The molecule has 45 heavy (non-hydrogen) atoms. The first-order chi connectivity index (χ1) is 20.8. The molecule has 19 heteroatoms. The number of allylic oxidation sites excluding steroid dienone is 10. The zero-order valence-electron chi connectivity index (χ0n) is 20.5. The molecule has 234 valence electrons. The van der Waals surface area contributed by atoms with Crippen LogP contribution in [0.25, 0.3) is 22.8 Å². The van der Waals surface area contributed by atoms with Gasteiger partial charge in [0.1, 0.15) is 11.7 Å². The summed E-state index contributed by atoms with van der Waals surface area (Å²) in [6.45, 7) is 0. The predicted molar refractivity (Wildman–Crippen MR) is 118 cm³/mol. The molecule has 0 radical (unpaired) electrons. The third kappa shape index (κ3) is 3.35. The van der Waals surface area contributed by atoms with Gasteiger partial charge in [0, 0.05) is 33.4 Å². The van der Waals surface area contributed by atoms with Gasteiger partial charge in [-0.3, -0.25) is 0 Å². The Balaban J connectivity index is 1.66. The Morgan fingerprint density at radius 3 is 0.867 bits per heavy atom. The van der Waals surface area contributed by atoms with E-state index in [1.165, 1.54) is 0 Å². The lowest BCUT2D eigenvalue weighted by atomic mass is 9.44. The van der Waals surface area contributed by atoms with Crippen LogP contribution in [0.2, 0.25) is 0 Å². The Labute approximate surface area is 235 Å². The van der Waals surface area contributed by atoms with E-state index in [0.717, 1.165) is 0 Å². The van der Waals surface area contributed by atoms with E-state index in [1.54, 1.807) is 0 Å². The van der Waals surface area contributed by atoms with Gasteiger partial charge in [-0.1, -0.05) is 0 Å². The minimum atomic E-state index is -5.25. The molecule has 2 unspecified atom stereocenters. The van der Waals surface area contributed by atoms with E-state index in [-0.39, 0.29) is 0 Å². The summed E-state index contributed by atoms with van der Waals surface area (Å²) in [5.41, 5.74) is -29.0. The lowest BCUT2D eigenvalue weighted by molar-refractivity contribution is 0.255. The number of benzene rings is 2. The Hall–Kier alpha value is -4.32. The molecular formula is C26HBF18. The smallest absolute Gasteiger partial charge is 0.241 e. The van der Waals surface area contributed by atoms with Crippen molar-refractivity contribution >= 4 is 30.1 Å². The number of rotatable bonds is 2. The zero-order chi connectivity index (χ0) is 33.6. The molecule has 0 N–H and O–H groups in total. The molecule has 0 amide bonds. The number of hydrogen-bond acceptors (Lipinski definition) is 0. The normalized spacial score (nSPS) is 24.3. The van der Waals surface area contributed by atoms with Gasteiger partial charge in [-0.2, -0.15) is 0 Å². The van der Waals surface area contributed by atoms with Gasteiger partial charge in [-0.25, -0.2) is 79.0 Å². The average Bonchev–Trinajstić information content (AvgIpc) is 3.49. The zero-order valence-corrected chi connectivity index (χ0v) is 20.5. The number of halogens is 18. The fourth-order valence-electron chi connectivity index (χ4n) is 5.69. The van der Waals surface area contributed by atoms with Crippen LogP contribution in [0.4, 0.5) is 79.0 Å². The van der Waals surface area contributed by atoms with E-state index in [0.29, 0.717) is 0 Å². The van der Waals surface area contributed by atoms with Crippen molar-refractivity contribution in [2.24, 2.45) is 0 Å². The minimum absolute atomic E-state index is 2.15. The molecular weight excluding hydrogens is 665 g/mol. The first-order valence-electron chi connectivity index (χ1n) is 11.6. The molecule has 0 aliphatic heterocycles. The highest BCUT2D eigenvalue weighted by Gasteiger charge is 2.65. The van der Waals surface area contributed by atoms with Crippen molar-refractivity contribution in [3.8, 4) is 0 Å². The summed E-state index contributed by atoms with van der Waals surface area (Å²) < 4.78 is 267. The second-order valence-corrected chi connectivity index (χ2v) is 9.80. The van der Waals surface area contributed by atoms with Gasteiger partial charge in [0.25, 0.3) is 0 Å². The molecule has 0 saturated heterocycles. The van der Waals surface area contributed by atoms with Gasteiger partial charge >= 0.3 is 0 Å². The highest BCUT2D eigenvalue weighted by Crippen LogP contribution is 2.63. The molecule has 0 fully saturated rings. The lowest BCUT2D eigenvalue weighted by Gasteiger charge is -2.37. The third-order valence-electron chi connectivity index (χ3n) is 7.60. The number of hydrogen-bond donors (Lipinski definition) is 0. The molecule has 0 heterocycles. The largest absolute Gasteiger partial charge is 0.245 e. The number of fused-ring (bicyclic) bond motifs is 6. The van der Waals surface area contributed by atoms with Crippen molar-refractivity contribution in [1.29, 1.82) is 0 Å². The summed E-state index contributed by atoms with van der Waals surface area (Å²) >= 11 is 0. The summed E-state index contributed by atoms with van der Waals surface area (Å²) in [6, 6.07) is 0. The van der Waals surface area contributed by atoms with Crippen LogP contribution in [0.3, 0.4) is 0 Å². The molecule has 0 nitrogen and oxygen atoms in total. The van der Waals surface area contributed by atoms with E-state index in [9.17, 15) is 52.7 Å². The lowest BCUT2D eigenvalue weighted by Crippen LogP contribution is -2.51. The molecule has 4 aliphatic rings. The molecule has 2 atom stereocenters. The summed E-state index contributed by atoms with van der Waals surface area (Å²) in [5.74, 6) is -46.7. The maximum atomic E-state index is 16.6. The molecule has 0 spiro atoms. The summed E-state index contributed by atoms with van der Waals surface area (Å²) in [7, 11) is -3.18. The van der Waals surface area contributed by atoms with Crippen LogP contribution in [0.5, 0.6) is 0 Å². The molecule has 2 aromatic carbocycles. The van der Waals surface area contributed by atoms with E-state index < -0.39 is 156 Å². The predicted octanol–water partition coefficient (Wildman–Crippen LogP) is 9.35. The first-order valence-corrected chi connectivity index (χ1v) is 11.6. The third-order valence-corrected chi connectivity index (χ3v) is 7.60. The van der Waals surface area contributed by atoms with Crippen molar-refractivity contribution in [2.75, 3.05) is 0 Å². The maximum absolute atomic E-state index is 16.6. The fourth-order valence-corrected chi connectivity index (χ4v) is 5.69. The van der Waals surface area contributed by atoms with Gasteiger partial charge in [-0.15, -0.1) is 0 Å². The van der Waals surface area contributed by atoms with Gasteiger partial charge < -0.3 is 0 Å². The topological polar surface area (TPSA) is 0 Å². The van der Waals surface area contributed by atoms with Crippen LogP contribution in [-0.4, -0.2) is 18.4 Å². The van der Waals surface area contributed by atoms with Crippen LogP contribution in [0.1, 0.15) is 22.3 Å². The van der Waals surface area contributed by atoms with E-state index in [4.69, 9.17) is 0 Å². The first kappa shape index (κ1) is 30.7. The van der Waals surface area contributed by atoms with E-state index in [1.807, 2.05) is 0 Å². The second-order valence-electron chi connectivity index (χ2n) is 9.80. The van der Waals surface area contributed by atoms with Crippen LogP contribution >= 0.6 is 0 Å². The van der Waals surface area contributed by atoms with Crippen molar-refractivity contribution in [1.82, 2.24) is 0 Å². The standard InChI is InChI=1S/C26HBF18/c28-9-5-1(11(30)17(36)19(38)15(5)34)3-7(9)25(44,23(42)21(40)13(3)32)27-26(45)8-4(14(33)22(41)24(26)43)2-6(10(8)29)16(35)20(39)18(37)12(2)31/h27H. The summed E-state index contributed by atoms with van der Waals surface area (Å²) in [6.07, 6.45) is 0. The highest BCUT2D eigenvalue weighted by atomic mass is 19.2. The highest BCUT2D eigenvalue weighted by molar-refractivity contribution is 6.51. The SMILES string of the molecule is FC1=C2C(=C(F)c3c(F)c(F)c(F)c(F)c32)C(F)(BC2(F)C(F)=C(F)C(F)=C3C2=C(F)c2c(F)c(F)c(F)c(F)c23)C(F)=C1F. The van der Waals surface area contributed by atoms with Crippen LogP contribution in [-0.2, 0) is 0 Å². The van der Waals surface area contributed by atoms with Crippen molar-refractivity contribution in [2.45, 2.75) is 11.1 Å². The Morgan fingerprint density at radius 2 is 0.578 bits per heavy atom. The maximum Gasteiger partial charge on any atom is 0.245 e. The van der Waals surface area contributed by atoms with Crippen molar-refractivity contribution < 1.29 is 79.0 Å². The fraction of sp³-hybridized carbons (Fsp3) is 0.0769. The quantitative estimate of drug-likeness (QED) is 0.130. The van der Waals surface area contributed by atoms with Crippen LogP contribution in [0, 0.1) is 46.5 Å². The van der Waals surface area contributed by atoms with Crippen LogP contribution in [0.15, 0.2) is 46.1 Å². The summed E-state index contributed by atoms with van der Waals surface area (Å²) in [5, 5.41) is 0. The summed E-state index contributed by atoms with van der Waals surface area (Å²) in [4.78, 5) is 0. The minimum Gasteiger partial charge on any atom is -0.241 e. The molecule has 2 aromatic rings. The van der Waals surface area contributed by atoms with E-state index >= 15 is 26.3 Å².